The van der Waals surface area contributed by atoms with E-state index in [9.17, 15) is 0 Å². The molecule has 0 amide bonds. The quantitative estimate of drug-likeness (QED) is 0.123. The molecule has 9 rings (SSSR count). The molecule has 4 heterocycles. The molecule has 0 fully saturated rings. The summed E-state index contributed by atoms with van der Waals surface area (Å²) in [4.78, 5) is 15.6. The summed E-state index contributed by atoms with van der Waals surface area (Å²) >= 11 is -0.425. The number of hydrogen-bond acceptors (Lipinski definition) is 4. The molecule has 0 N–H and O–H groups in total. The molecule has 0 saturated heterocycles. The second kappa shape index (κ2) is 16.4. The summed E-state index contributed by atoms with van der Waals surface area (Å²) in [5.41, 5.74) is 10.3. The van der Waals surface area contributed by atoms with Gasteiger partial charge < -0.3 is 4.57 Å². The molecule has 0 saturated carbocycles. The number of hydrogen-bond donors (Lipinski definition) is 0. The molecule has 0 spiro atoms. The fraction of sp³-hybridized carbons (Fsp3) is 0.163. The number of aromatic nitrogens is 4. The molecule has 4 aromatic heterocycles. The van der Waals surface area contributed by atoms with E-state index in [4.69, 9.17) is 15.5 Å². The number of nitrogens with zero attached hydrogens (tertiary/aromatic N) is 4. The molecule has 0 unspecified atom stereocenters. The number of fused-ring (bicyclic) bond motifs is 4. The zero-order valence-electron chi connectivity index (χ0n) is 36.2. The van der Waals surface area contributed by atoms with Gasteiger partial charge in [0.1, 0.15) is 4.83 Å². The van der Waals surface area contributed by atoms with E-state index < -0.39 is 26.0 Å². The van der Waals surface area contributed by atoms with Gasteiger partial charge >= 0.3 is 131 Å². The van der Waals surface area contributed by atoms with Crippen LogP contribution in [0.3, 0.4) is 0 Å². The first-order chi connectivity index (χ1) is 28.1. The van der Waals surface area contributed by atoms with Crippen LogP contribution in [0.25, 0.3) is 70.8 Å². The fourth-order valence-corrected chi connectivity index (χ4v) is 11.6. The molecule has 281 valence electrons. The van der Waals surface area contributed by atoms with E-state index in [1.807, 2.05) is 45.2 Å². The SMILES string of the molecule is Cc1ccc2c(n1)sc1c(-c3nc4ccccc4n3-c3ccccc3-c3ccccc3)[c-]ccc12.[2H]C([2H])([2H])c1c[c-]c(-c2cc(C([2H])(C)C)[c]([Ge]([CH3])([CH3])[CH3])cn2)cc1.[Ir]. The first kappa shape index (κ1) is 34.5. The molecule has 7 heteroatoms. The minimum absolute atomic E-state index is 0. The van der Waals surface area contributed by atoms with Crippen molar-refractivity contribution < 1.29 is 25.6 Å². The van der Waals surface area contributed by atoms with Crippen molar-refractivity contribution in [3.8, 4) is 39.5 Å². The van der Waals surface area contributed by atoms with Crippen molar-refractivity contribution in [3.05, 3.63) is 163 Å². The normalized spacial score (nSPS) is 13.0. The molecule has 0 bridgehead atoms. The third-order valence-electron chi connectivity index (χ3n) is 9.79. The third-order valence-corrected chi connectivity index (χ3v) is 15.2. The van der Waals surface area contributed by atoms with Crippen LogP contribution in [-0.2, 0) is 20.1 Å². The summed E-state index contributed by atoms with van der Waals surface area (Å²) in [7, 11) is 0. The van der Waals surface area contributed by atoms with E-state index in [1.54, 1.807) is 23.5 Å². The topological polar surface area (TPSA) is 43.6 Å². The summed E-state index contributed by atoms with van der Waals surface area (Å²) < 4.78 is 35.5. The van der Waals surface area contributed by atoms with E-state index in [0.717, 1.165) is 60.2 Å². The standard InChI is InChI=1S/C31H20N3S.C18H24GeN.Ir/c1-20-18-19-24-23-13-9-14-25(29(23)35-31(24)32-20)30-33-26-15-6-8-17-28(26)34(30)27-16-7-5-12-22(27)21-10-3-2-4-11-21;1-13(2)16-11-18(15-9-7-14(3)8-10-15)20-12-17(16)19(4,5)6;/h2-13,15-19H,1H3;7-9,11-13H,1-6H3;/q2*-1;/i;3D3,13D;. The van der Waals surface area contributed by atoms with Crippen molar-refractivity contribution in [3.63, 3.8) is 0 Å². The van der Waals surface area contributed by atoms with Gasteiger partial charge in [0.2, 0.25) is 0 Å². The number of rotatable bonds is 6. The van der Waals surface area contributed by atoms with Crippen LogP contribution in [-0.4, -0.2) is 32.8 Å². The average Bonchev–Trinajstić information content (AvgIpc) is 3.78. The molecule has 4 nitrogen and oxygen atoms in total. The fourth-order valence-electron chi connectivity index (χ4n) is 7.05. The van der Waals surface area contributed by atoms with Gasteiger partial charge in [-0.15, -0.1) is 18.2 Å². The van der Waals surface area contributed by atoms with Gasteiger partial charge in [-0.05, 0) is 46.8 Å². The minimum atomic E-state index is -2.14. The number of para-hydroxylation sites is 3. The minimum Gasteiger partial charge on any atom is 0 e. The third kappa shape index (κ3) is 7.81. The van der Waals surface area contributed by atoms with Crippen molar-refractivity contribution in [2.45, 2.75) is 50.8 Å². The average molecular weight is 990 g/mol. The molecule has 5 aromatic carbocycles. The van der Waals surface area contributed by atoms with E-state index in [0.29, 0.717) is 0 Å². The smallest absolute Gasteiger partial charge is 0 e. The van der Waals surface area contributed by atoms with Gasteiger partial charge in [0, 0.05) is 37.1 Å². The van der Waals surface area contributed by atoms with Crippen LogP contribution < -0.4 is 4.40 Å². The molecule has 0 aliphatic rings. The Bertz CT molecular complexity index is 2970. The Morgan fingerprint density at radius 3 is 2.34 bits per heavy atom. The Balaban J connectivity index is 0.000000193. The number of benzene rings is 5. The maximum Gasteiger partial charge on any atom is 0 e. The zero-order chi connectivity index (χ0) is 41.7. The van der Waals surface area contributed by atoms with Gasteiger partial charge in [0.15, 0.2) is 0 Å². The van der Waals surface area contributed by atoms with Crippen molar-refractivity contribution in [1.82, 2.24) is 19.5 Å². The zero-order valence-corrected chi connectivity index (χ0v) is 37.5. The number of thiophene rings is 1. The van der Waals surface area contributed by atoms with Crippen LogP contribution in [0.5, 0.6) is 0 Å². The van der Waals surface area contributed by atoms with Gasteiger partial charge in [0.05, 0.1) is 16.9 Å². The maximum atomic E-state index is 8.49. The predicted octanol–water partition coefficient (Wildman–Crippen LogP) is 12.8. The Morgan fingerprint density at radius 2 is 1.59 bits per heavy atom. The van der Waals surface area contributed by atoms with Gasteiger partial charge in [-0.2, -0.15) is 11.3 Å². The molecule has 9 aromatic rings. The van der Waals surface area contributed by atoms with Gasteiger partial charge in [-0.3, -0.25) is 4.98 Å². The van der Waals surface area contributed by atoms with Crippen LogP contribution in [0.4, 0.5) is 0 Å². The van der Waals surface area contributed by atoms with E-state index >= 15 is 0 Å². The van der Waals surface area contributed by atoms with Crippen molar-refractivity contribution in [1.29, 1.82) is 0 Å². The number of aryl methyl sites for hydroxylation is 2. The van der Waals surface area contributed by atoms with E-state index in [-0.39, 0.29) is 25.7 Å². The Hall–Kier alpha value is -4.72. The van der Waals surface area contributed by atoms with Gasteiger partial charge in [0.25, 0.3) is 0 Å². The van der Waals surface area contributed by atoms with Gasteiger partial charge in [-0.25, -0.2) is 4.98 Å². The first-order valence-electron chi connectivity index (χ1n) is 20.4. The Labute approximate surface area is 356 Å². The number of imidazole rings is 1. The van der Waals surface area contributed by atoms with E-state index in [1.165, 1.54) is 32.4 Å². The predicted molar refractivity (Wildman–Crippen MR) is 237 cm³/mol. The summed E-state index contributed by atoms with van der Waals surface area (Å²) in [5, 5.41) is 2.37. The Morgan fingerprint density at radius 1 is 0.821 bits per heavy atom. The van der Waals surface area contributed by atoms with Crippen molar-refractivity contribution >= 4 is 60.3 Å². The van der Waals surface area contributed by atoms with Crippen LogP contribution in [0.15, 0.2) is 134 Å². The second-order valence-corrected chi connectivity index (χ2v) is 26.6. The molecule has 56 heavy (non-hydrogen) atoms. The van der Waals surface area contributed by atoms with Crippen LogP contribution >= 0.6 is 11.3 Å². The Kier molecular flexibility index (Phi) is 10.1. The van der Waals surface area contributed by atoms with Crippen LogP contribution in [0, 0.1) is 25.9 Å². The van der Waals surface area contributed by atoms with Gasteiger partial charge in [-0.1, -0.05) is 77.7 Å². The summed E-state index contributed by atoms with van der Waals surface area (Å²) in [6, 6.07) is 49.2. The second-order valence-electron chi connectivity index (χ2n) is 15.0. The number of pyridine rings is 2. The summed E-state index contributed by atoms with van der Waals surface area (Å²) in [6.45, 7) is 3.70. The molecular formula is C49H44GeIrN4S-2. The van der Waals surface area contributed by atoms with Crippen LogP contribution in [0.2, 0.25) is 17.3 Å². The molecule has 0 atom stereocenters. The van der Waals surface area contributed by atoms with Crippen molar-refractivity contribution in [2.24, 2.45) is 0 Å². The maximum absolute atomic E-state index is 8.49. The van der Waals surface area contributed by atoms with Crippen molar-refractivity contribution in [2.75, 3.05) is 0 Å². The molecule has 1 radical (unpaired) electrons. The largest absolute Gasteiger partial charge is 0 e. The van der Waals surface area contributed by atoms with Crippen LogP contribution in [0.1, 0.15) is 42.0 Å². The summed E-state index contributed by atoms with van der Waals surface area (Å²) in [5.74, 6) is 7.07. The monoisotopic (exact) mass is 991 g/mol. The first-order valence-corrected chi connectivity index (χ1v) is 26.6. The molecule has 0 aliphatic carbocycles. The molecular weight excluding hydrogens is 941 g/mol. The van der Waals surface area contributed by atoms with E-state index in [2.05, 4.69) is 130 Å². The molecule has 0 aliphatic heterocycles. The summed E-state index contributed by atoms with van der Waals surface area (Å²) in [6.07, 6.45) is 1.91.